The Labute approximate surface area is 127 Å². The Morgan fingerprint density at radius 1 is 0.905 bits per heavy atom. The minimum absolute atomic E-state index is 0.175. The Morgan fingerprint density at radius 3 is 2.67 bits per heavy atom. The molecule has 0 heterocycles. The molecule has 2 aromatic rings. The third-order valence-electron chi connectivity index (χ3n) is 4.62. The maximum absolute atomic E-state index is 6.52. The average molecular weight is 279 g/mol. The minimum atomic E-state index is 0.175. The molecule has 1 nitrogen and oxygen atoms in total. The molecule has 0 amide bonds. The van der Waals surface area contributed by atoms with E-state index in [1.165, 1.54) is 60.4 Å². The van der Waals surface area contributed by atoms with Crippen molar-refractivity contribution in [2.75, 3.05) is 0 Å². The molecule has 3 rings (SSSR count). The number of benzene rings is 2. The van der Waals surface area contributed by atoms with Gasteiger partial charge in [-0.25, -0.2) is 0 Å². The first kappa shape index (κ1) is 14.3. The van der Waals surface area contributed by atoms with Gasteiger partial charge in [0.25, 0.3) is 0 Å². The molecule has 0 saturated heterocycles. The summed E-state index contributed by atoms with van der Waals surface area (Å²) in [5, 5.41) is 2.66. The van der Waals surface area contributed by atoms with Crippen LogP contribution in [0.25, 0.3) is 10.8 Å². The van der Waals surface area contributed by atoms with E-state index in [1.54, 1.807) is 0 Å². The van der Waals surface area contributed by atoms with E-state index in [4.69, 9.17) is 5.73 Å². The summed E-state index contributed by atoms with van der Waals surface area (Å²) in [7, 11) is 0. The highest BCUT2D eigenvalue weighted by Gasteiger charge is 2.13. The smallest absolute Gasteiger partial charge is 0.0294 e. The fourth-order valence-corrected chi connectivity index (χ4v) is 3.39. The second-order valence-electron chi connectivity index (χ2n) is 6.18. The number of allylic oxidation sites excluding steroid dienone is 1. The van der Waals surface area contributed by atoms with Crippen LogP contribution in [0.2, 0.25) is 0 Å². The first-order chi connectivity index (χ1) is 10.3. The molecule has 1 aliphatic rings. The van der Waals surface area contributed by atoms with Crippen LogP contribution in [0.1, 0.15) is 44.1 Å². The molecule has 1 heteroatoms. The van der Waals surface area contributed by atoms with Gasteiger partial charge in [-0.2, -0.15) is 0 Å². The Bertz CT molecular complexity index is 621. The van der Waals surface area contributed by atoms with Crippen molar-refractivity contribution in [1.29, 1.82) is 0 Å². The van der Waals surface area contributed by atoms with Gasteiger partial charge in [-0.1, -0.05) is 67.0 Å². The molecule has 0 spiro atoms. The summed E-state index contributed by atoms with van der Waals surface area (Å²) in [6, 6.07) is 15.3. The summed E-state index contributed by atoms with van der Waals surface area (Å²) in [6.45, 7) is 0. The van der Waals surface area contributed by atoms with E-state index in [2.05, 4.69) is 48.5 Å². The SMILES string of the molecule is NC(Cc1cccc2ccccc12)/C1=C/CCCCCC1. The van der Waals surface area contributed by atoms with Gasteiger partial charge >= 0.3 is 0 Å². The van der Waals surface area contributed by atoms with Crippen molar-refractivity contribution in [2.24, 2.45) is 5.73 Å². The van der Waals surface area contributed by atoms with Crippen LogP contribution in [0.3, 0.4) is 0 Å². The lowest BCUT2D eigenvalue weighted by Crippen LogP contribution is -2.26. The lowest BCUT2D eigenvalue weighted by molar-refractivity contribution is 0.595. The van der Waals surface area contributed by atoms with Crippen LogP contribution in [0, 0.1) is 0 Å². The van der Waals surface area contributed by atoms with Crippen LogP contribution in [0.15, 0.2) is 54.1 Å². The maximum atomic E-state index is 6.52. The molecule has 0 aliphatic heterocycles. The summed E-state index contributed by atoms with van der Waals surface area (Å²) >= 11 is 0. The molecule has 0 saturated carbocycles. The summed E-state index contributed by atoms with van der Waals surface area (Å²) < 4.78 is 0. The Hall–Kier alpha value is -1.60. The zero-order valence-electron chi connectivity index (χ0n) is 12.7. The summed E-state index contributed by atoms with van der Waals surface area (Å²) in [5.74, 6) is 0. The van der Waals surface area contributed by atoms with E-state index in [9.17, 15) is 0 Å². The summed E-state index contributed by atoms with van der Waals surface area (Å²) in [4.78, 5) is 0. The first-order valence-corrected chi connectivity index (χ1v) is 8.26. The lowest BCUT2D eigenvalue weighted by Gasteiger charge is -2.19. The van der Waals surface area contributed by atoms with Gasteiger partial charge in [-0.15, -0.1) is 0 Å². The van der Waals surface area contributed by atoms with Gasteiger partial charge in [0.15, 0.2) is 0 Å². The zero-order chi connectivity index (χ0) is 14.5. The average Bonchev–Trinajstić information content (AvgIpc) is 2.47. The number of nitrogens with two attached hydrogens (primary N) is 1. The quantitative estimate of drug-likeness (QED) is 0.787. The summed E-state index contributed by atoms with van der Waals surface area (Å²) in [6.07, 6.45) is 11.1. The largest absolute Gasteiger partial charge is 0.324 e. The Kier molecular flexibility index (Phi) is 4.72. The van der Waals surface area contributed by atoms with Gasteiger partial charge in [0.05, 0.1) is 0 Å². The van der Waals surface area contributed by atoms with Crippen molar-refractivity contribution < 1.29 is 0 Å². The first-order valence-electron chi connectivity index (χ1n) is 8.26. The van der Waals surface area contributed by atoms with Gasteiger partial charge in [-0.3, -0.25) is 0 Å². The Balaban J connectivity index is 1.81. The number of fused-ring (bicyclic) bond motifs is 1. The summed E-state index contributed by atoms with van der Waals surface area (Å²) in [5.41, 5.74) is 9.38. The molecule has 0 bridgehead atoms. The molecule has 1 unspecified atom stereocenters. The highest BCUT2D eigenvalue weighted by Crippen LogP contribution is 2.24. The standard InChI is InChI=1S/C20H25N/c21-20(17-10-4-2-1-3-5-11-17)15-18-13-8-12-16-9-6-7-14-19(16)18/h6-10,12-14,20H,1-5,11,15,21H2/b17-10+. The maximum Gasteiger partial charge on any atom is 0.0294 e. The molecule has 1 atom stereocenters. The van der Waals surface area contributed by atoms with Crippen LogP contribution in [0.4, 0.5) is 0 Å². The molecule has 2 aromatic carbocycles. The van der Waals surface area contributed by atoms with Crippen LogP contribution >= 0.6 is 0 Å². The monoisotopic (exact) mass is 279 g/mol. The fraction of sp³-hybridized carbons (Fsp3) is 0.400. The zero-order valence-corrected chi connectivity index (χ0v) is 12.7. The fourth-order valence-electron chi connectivity index (χ4n) is 3.39. The van der Waals surface area contributed by atoms with Crippen LogP contribution in [0.5, 0.6) is 0 Å². The van der Waals surface area contributed by atoms with Crippen molar-refractivity contribution in [2.45, 2.75) is 51.0 Å². The second kappa shape index (κ2) is 6.91. The topological polar surface area (TPSA) is 26.0 Å². The Morgan fingerprint density at radius 2 is 1.71 bits per heavy atom. The van der Waals surface area contributed by atoms with Crippen molar-refractivity contribution in [3.8, 4) is 0 Å². The number of hydrogen-bond acceptors (Lipinski definition) is 1. The van der Waals surface area contributed by atoms with Crippen molar-refractivity contribution in [3.05, 3.63) is 59.7 Å². The molecule has 110 valence electrons. The molecule has 21 heavy (non-hydrogen) atoms. The van der Waals surface area contributed by atoms with Crippen LogP contribution in [-0.2, 0) is 6.42 Å². The van der Waals surface area contributed by atoms with E-state index in [1.807, 2.05) is 0 Å². The highest BCUT2D eigenvalue weighted by molar-refractivity contribution is 5.85. The lowest BCUT2D eigenvalue weighted by atomic mass is 9.90. The second-order valence-corrected chi connectivity index (χ2v) is 6.18. The van der Waals surface area contributed by atoms with Crippen LogP contribution < -0.4 is 5.73 Å². The van der Waals surface area contributed by atoms with Gasteiger partial charge < -0.3 is 5.73 Å². The van der Waals surface area contributed by atoms with Crippen molar-refractivity contribution in [3.63, 3.8) is 0 Å². The predicted octanol–water partition coefficient (Wildman–Crippen LogP) is 4.99. The minimum Gasteiger partial charge on any atom is -0.324 e. The van der Waals surface area contributed by atoms with Gasteiger partial charge in [0.2, 0.25) is 0 Å². The van der Waals surface area contributed by atoms with E-state index in [0.717, 1.165) is 6.42 Å². The van der Waals surface area contributed by atoms with Crippen molar-refractivity contribution >= 4 is 10.8 Å². The van der Waals surface area contributed by atoms with Gasteiger partial charge in [0.1, 0.15) is 0 Å². The van der Waals surface area contributed by atoms with E-state index in [0.29, 0.717) is 0 Å². The van der Waals surface area contributed by atoms with Gasteiger partial charge in [0, 0.05) is 6.04 Å². The predicted molar refractivity (Wildman–Crippen MR) is 91.4 cm³/mol. The number of rotatable bonds is 3. The molecule has 0 radical (unpaired) electrons. The highest BCUT2D eigenvalue weighted by atomic mass is 14.6. The molecular weight excluding hydrogens is 254 g/mol. The van der Waals surface area contributed by atoms with Gasteiger partial charge in [-0.05, 0) is 48.4 Å². The molecule has 1 aliphatic carbocycles. The van der Waals surface area contributed by atoms with Crippen molar-refractivity contribution in [1.82, 2.24) is 0 Å². The van der Waals surface area contributed by atoms with Crippen LogP contribution in [-0.4, -0.2) is 6.04 Å². The van der Waals surface area contributed by atoms with E-state index >= 15 is 0 Å². The molecular formula is C20H25N. The third kappa shape index (κ3) is 3.54. The molecule has 0 fully saturated rings. The van der Waals surface area contributed by atoms with E-state index in [-0.39, 0.29) is 6.04 Å². The normalized spacial score (nSPS) is 20.3. The molecule has 2 N–H and O–H groups in total. The van der Waals surface area contributed by atoms with E-state index < -0.39 is 0 Å². The third-order valence-corrected chi connectivity index (χ3v) is 4.62. The molecule has 0 aromatic heterocycles. The number of hydrogen-bond donors (Lipinski definition) is 1.